The number of carbonyl (C=O) groups is 1. The molecule has 26 heavy (non-hydrogen) atoms. The van der Waals surface area contributed by atoms with E-state index < -0.39 is 0 Å². The Morgan fingerprint density at radius 3 is 3.00 bits per heavy atom. The fourth-order valence-corrected chi connectivity index (χ4v) is 3.40. The highest BCUT2D eigenvalue weighted by molar-refractivity contribution is 5.92. The van der Waals surface area contributed by atoms with Crippen LogP contribution in [0.3, 0.4) is 0 Å². The van der Waals surface area contributed by atoms with E-state index in [2.05, 4.69) is 15.4 Å². The first kappa shape index (κ1) is 17.3. The summed E-state index contributed by atoms with van der Waals surface area (Å²) in [7, 11) is 0. The van der Waals surface area contributed by atoms with Gasteiger partial charge in [-0.25, -0.2) is 4.79 Å². The summed E-state index contributed by atoms with van der Waals surface area (Å²) in [5.41, 5.74) is 1.36. The van der Waals surface area contributed by atoms with Gasteiger partial charge < -0.3 is 24.2 Å². The molecule has 2 aromatic rings. The van der Waals surface area contributed by atoms with Gasteiger partial charge in [0.05, 0.1) is 25.5 Å². The Kier molecular flexibility index (Phi) is 5.33. The average Bonchev–Trinajstić information content (AvgIpc) is 3.00. The summed E-state index contributed by atoms with van der Waals surface area (Å²) in [5.74, 6) is 0. The third-order valence-electron chi connectivity index (χ3n) is 4.81. The van der Waals surface area contributed by atoms with Crippen molar-refractivity contribution in [3.8, 4) is 0 Å². The Morgan fingerprint density at radius 1 is 1.23 bits per heavy atom. The minimum atomic E-state index is -0.110. The first-order valence-electron chi connectivity index (χ1n) is 9.10. The number of nitrogens with one attached hydrogen (secondary N) is 1. The first-order valence-corrected chi connectivity index (χ1v) is 9.10. The highest BCUT2D eigenvalue weighted by Crippen LogP contribution is 2.19. The van der Waals surface area contributed by atoms with Gasteiger partial charge in [-0.3, -0.25) is 4.90 Å². The van der Waals surface area contributed by atoms with Crippen LogP contribution in [0.25, 0.3) is 11.0 Å². The molecule has 140 valence electrons. The van der Waals surface area contributed by atoms with Crippen molar-refractivity contribution >= 4 is 22.7 Å². The summed E-state index contributed by atoms with van der Waals surface area (Å²) in [6.07, 6.45) is 2.52. The second kappa shape index (κ2) is 8.03. The minimum absolute atomic E-state index is 0.0260. The van der Waals surface area contributed by atoms with Crippen LogP contribution in [0.4, 0.5) is 10.5 Å². The number of benzene rings is 1. The van der Waals surface area contributed by atoms with Crippen molar-refractivity contribution in [2.45, 2.75) is 12.5 Å². The Morgan fingerprint density at radius 2 is 2.12 bits per heavy atom. The lowest BCUT2D eigenvalue weighted by molar-refractivity contribution is -0.00983. The molecule has 0 bridgehead atoms. The maximum absolute atomic E-state index is 12.7. The number of hydrogen-bond acceptors (Lipinski definition) is 6. The number of amides is 2. The third-order valence-corrected chi connectivity index (χ3v) is 4.81. The predicted octanol–water partition coefficient (Wildman–Crippen LogP) is 1.78. The van der Waals surface area contributed by atoms with Crippen molar-refractivity contribution in [2.75, 3.05) is 57.9 Å². The van der Waals surface area contributed by atoms with Crippen LogP contribution in [-0.2, 0) is 9.47 Å². The van der Waals surface area contributed by atoms with Gasteiger partial charge in [0.2, 0.25) is 0 Å². The molecule has 0 radical (unpaired) electrons. The molecule has 0 aliphatic carbocycles. The van der Waals surface area contributed by atoms with E-state index in [0.717, 1.165) is 44.7 Å². The summed E-state index contributed by atoms with van der Waals surface area (Å²) >= 11 is 0. The maximum Gasteiger partial charge on any atom is 0.321 e. The Hall–Kier alpha value is -2.16. The molecule has 8 heteroatoms. The van der Waals surface area contributed by atoms with Crippen LogP contribution in [0.5, 0.6) is 0 Å². The molecule has 8 nitrogen and oxygen atoms in total. The number of fused-ring (bicyclic) bond motifs is 1. The van der Waals surface area contributed by atoms with Crippen molar-refractivity contribution in [3.63, 3.8) is 0 Å². The van der Waals surface area contributed by atoms with Crippen LogP contribution >= 0.6 is 0 Å². The number of rotatable bonds is 3. The highest BCUT2D eigenvalue weighted by atomic mass is 16.5. The zero-order chi connectivity index (χ0) is 17.8. The van der Waals surface area contributed by atoms with Crippen molar-refractivity contribution < 1.29 is 18.8 Å². The first-order chi connectivity index (χ1) is 12.8. The molecule has 2 fully saturated rings. The van der Waals surface area contributed by atoms with Gasteiger partial charge in [0.15, 0.2) is 5.58 Å². The van der Waals surface area contributed by atoms with Crippen molar-refractivity contribution in [3.05, 3.63) is 24.4 Å². The SMILES string of the molecule is O=C(Nc1ccc2cnoc2c1)N1CCCO[C@@H](CN2CCOCC2)C1. The van der Waals surface area contributed by atoms with Gasteiger partial charge in [0, 0.05) is 56.5 Å². The van der Waals surface area contributed by atoms with E-state index in [4.69, 9.17) is 14.0 Å². The molecule has 0 spiro atoms. The zero-order valence-electron chi connectivity index (χ0n) is 14.7. The van der Waals surface area contributed by atoms with E-state index in [1.165, 1.54) is 0 Å². The number of carbonyl (C=O) groups excluding carboxylic acids is 1. The Balaban J connectivity index is 1.37. The second-order valence-electron chi connectivity index (χ2n) is 6.71. The molecule has 1 aromatic heterocycles. The summed E-state index contributed by atoms with van der Waals surface area (Å²) in [4.78, 5) is 16.9. The fourth-order valence-electron chi connectivity index (χ4n) is 3.40. The molecule has 2 aliphatic heterocycles. The van der Waals surface area contributed by atoms with Gasteiger partial charge in [-0.2, -0.15) is 0 Å². The van der Waals surface area contributed by atoms with Crippen LogP contribution in [-0.4, -0.2) is 79.6 Å². The quantitative estimate of drug-likeness (QED) is 0.899. The third kappa shape index (κ3) is 4.14. The second-order valence-corrected chi connectivity index (χ2v) is 6.71. The molecule has 1 N–H and O–H groups in total. The molecule has 2 amide bonds. The molecule has 3 heterocycles. The summed E-state index contributed by atoms with van der Waals surface area (Å²) < 4.78 is 16.5. The molecule has 4 rings (SSSR count). The molecule has 1 atom stereocenters. The minimum Gasteiger partial charge on any atom is -0.379 e. The smallest absolute Gasteiger partial charge is 0.321 e. The van der Waals surface area contributed by atoms with Gasteiger partial charge in [0.1, 0.15) is 0 Å². The molecule has 2 aliphatic rings. The van der Waals surface area contributed by atoms with Crippen molar-refractivity contribution in [1.82, 2.24) is 15.0 Å². The van der Waals surface area contributed by atoms with Gasteiger partial charge in [0.25, 0.3) is 0 Å². The van der Waals surface area contributed by atoms with E-state index >= 15 is 0 Å². The van der Waals surface area contributed by atoms with Crippen LogP contribution < -0.4 is 5.32 Å². The van der Waals surface area contributed by atoms with Crippen LogP contribution in [0.1, 0.15) is 6.42 Å². The summed E-state index contributed by atoms with van der Waals surface area (Å²) in [5, 5.41) is 7.63. The lowest BCUT2D eigenvalue weighted by atomic mass is 10.2. The Labute approximate surface area is 152 Å². The number of nitrogens with zero attached hydrogens (tertiary/aromatic N) is 3. The number of aromatic nitrogens is 1. The lowest BCUT2D eigenvalue weighted by Crippen LogP contribution is -2.46. The maximum atomic E-state index is 12.7. The fraction of sp³-hybridized carbons (Fsp3) is 0.556. The number of ether oxygens (including phenoxy) is 2. The highest BCUT2D eigenvalue weighted by Gasteiger charge is 2.25. The van der Waals surface area contributed by atoms with Crippen molar-refractivity contribution in [2.24, 2.45) is 0 Å². The van der Waals surface area contributed by atoms with Crippen LogP contribution in [0.15, 0.2) is 28.9 Å². The normalized spacial score (nSPS) is 22.3. The molecule has 1 aromatic carbocycles. The molecule has 0 saturated carbocycles. The summed E-state index contributed by atoms with van der Waals surface area (Å²) in [6, 6.07) is 5.42. The standard InChI is InChI=1S/C18H24N4O4/c23-18(20-15-3-2-14-11-19-26-17(14)10-15)22-4-1-7-25-16(13-22)12-21-5-8-24-9-6-21/h2-3,10-11,16H,1,4-9,12-13H2,(H,20,23)/t16-/m0/s1. The monoisotopic (exact) mass is 360 g/mol. The predicted molar refractivity (Wildman–Crippen MR) is 96.2 cm³/mol. The van der Waals surface area contributed by atoms with E-state index in [0.29, 0.717) is 31.0 Å². The zero-order valence-corrected chi connectivity index (χ0v) is 14.7. The van der Waals surface area contributed by atoms with Gasteiger partial charge in [-0.1, -0.05) is 5.16 Å². The number of hydrogen-bond donors (Lipinski definition) is 1. The van der Waals surface area contributed by atoms with E-state index in [9.17, 15) is 4.79 Å². The topological polar surface area (TPSA) is 80.1 Å². The number of anilines is 1. The molecular formula is C18H24N4O4. The van der Waals surface area contributed by atoms with Gasteiger partial charge in [-0.15, -0.1) is 0 Å². The molecular weight excluding hydrogens is 336 g/mol. The van der Waals surface area contributed by atoms with E-state index in [1.807, 2.05) is 17.0 Å². The van der Waals surface area contributed by atoms with E-state index in [-0.39, 0.29) is 12.1 Å². The van der Waals surface area contributed by atoms with E-state index in [1.54, 1.807) is 12.3 Å². The van der Waals surface area contributed by atoms with Crippen molar-refractivity contribution in [1.29, 1.82) is 0 Å². The molecule has 2 saturated heterocycles. The Bertz CT molecular complexity index is 744. The number of morpholine rings is 1. The lowest BCUT2D eigenvalue weighted by Gasteiger charge is -2.31. The van der Waals surface area contributed by atoms with Crippen LogP contribution in [0.2, 0.25) is 0 Å². The van der Waals surface area contributed by atoms with Crippen LogP contribution in [0, 0.1) is 0 Å². The average molecular weight is 360 g/mol. The summed E-state index contributed by atoms with van der Waals surface area (Å²) in [6.45, 7) is 6.16. The largest absolute Gasteiger partial charge is 0.379 e. The van der Waals surface area contributed by atoms with Gasteiger partial charge in [-0.05, 0) is 18.6 Å². The molecule has 0 unspecified atom stereocenters. The van der Waals surface area contributed by atoms with Gasteiger partial charge >= 0.3 is 6.03 Å². The number of urea groups is 1.